The molecule has 0 radical (unpaired) electrons. The fraction of sp³-hybridized carbons (Fsp3) is 0.750. The van der Waals surface area contributed by atoms with Crippen molar-refractivity contribution in [3.05, 3.63) is 24.2 Å². The van der Waals surface area contributed by atoms with Gasteiger partial charge in [0.15, 0.2) is 0 Å². The highest BCUT2D eigenvalue weighted by atomic mass is 16.6. The summed E-state index contributed by atoms with van der Waals surface area (Å²) in [5.41, 5.74) is -1.41. The highest BCUT2D eigenvalue weighted by molar-refractivity contribution is 5.67. The number of epoxide rings is 1. The largest absolute Gasteiger partial charge is 0.472 e. The first kappa shape index (κ1) is 23.3. The van der Waals surface area contributed by atoms with Gasteiger partial charge in [-0.05, 0) is 42.6 Å². The van der Waals surface area contributed by atoms with E-state index in [2.05, 4.69) is 6.92 Å². The van der Waals surface area contributed by atoms with Crippen molar-refractivity contribution in [2.75, 3.05) is 13.2 Å². The van der Waals surface area contributed by atoms with Crippen LogP contribution >= 0.6 is 0 Å². The molecule has 0 unspecified atom stereocenters. The number of fused-ring (bicyclic) bond motifs is 2. The van der Waals surface area contributed by atoms with E-state index in [0.717, 1.165) is 19.3 Å². The van der Waals surface area contributed by atoms with Crippen LogP contribution in [-0.4, -0.2) is 53.2 Å². The van der Waals surface area contributed by atoms with Crippen molar-refractivity contribution in [3.8, 4) is 0 Å². The topological polar surface area (TPSA) is 119 Å². The number of carbonyl (C=O) groups excluding carboxylic acids is 2. The van der Waals surface area contributed by atoms with E-state index in [-0.39, 0.29) is 18.4 Å². The summed E-state index contributed by atoms with van der Waals surface area (Å²) >= 11 is 0. The zero-order valence-electron chi connectivity index (χ0n) is 19.2. The predicted octanol–water partition coefficient (Wildman–Crippen LogP) is 2.77. The minimum absolute atomic E-state index is 0.00782. The van der Waals surface area contributed by atoms with Crippen LogP contribution in [0.15, 0.2) is 23.0 Å². The van der Waals surface area contributed by atoms with Crippen LogP contribution < -0.4 is 0 Å². The SMILES string of the molecule is CC(=O)OC[C@@]12[C@H](CCC[C@]13CO3)[C@](C)(C[C@H](O)c1ccoc1)[C@H](C)[C@@H](O)[C@@H]2OC(C)=O. The third kappa shape index (κ3) is 3.47. The number of rotatable bonds is 6. The molecule has 3 fully saturated rings. The quantitative estimate of drug-likeness (QED) is 0.502. The zero-order chi connectivity index (χ0) is 23.3. The first-order chi connectivity index (χ1) is 15.1. The highest BCUT2D eigenvalue weighted by Crippen LogP contribution is 2.69. The first-order valence-corrected chi connectivity index (χ1v) is 11.4. The van der Waals surface area contributed by atoms with Crippen molar-refractivity contribution in [1.82, 2.24) is 0 Å². The molecular weight excluding hydrogens is 416 g/mol. The maximum atomic E-state index is 12.1. The highest BCUT2D eigenvalue weighted by Gasteiger charge is 2.77. The van der Waals surface area contributed by atoms with Crippen molar-refractivity contribution in [2.24, 2.45) is 22.7 Å². The molecule has 2 aliphatic carbocycles. The van der Waals surface area contributed by atoms with Gasteiger partial charge >= 0.3 is 11.9 Å². The molecule has 0 aromatic carbocycles. The second kappa shape index (κ2) is 8.15. The van der Waals surface area contributed by atoms with Crippen molar-refractivity contribution in [3.63, 3.8) is 0 Å². The molecule has 2 N–H and O–H groups in total. The summed E-state index contributed by atoms with van der Waals surface area (Å²) in [6.07, 6.45) is 3.18. The third-order valence-electron chi connectivity index (χ3n) is 8.57. The lowest BCUT2D eigenvalue weighted by Crippen LogP contribution is -2.71. The van der Waals surface area contributed by atoms with Crippen molar-refractivity contribution in [2.45, 2.75) is 77.3 Å². The molecule has 8 nitrogen and oxygen atoms in total. The summed E-state index contributed by atoms with van der Waals surface area (Å²) < 4.78 is 22.6. The molecule has 8 heteroatoms. The number of aliphatic hydroxyl groups is 2. The number of furan rings is 1. The maximum Gasteiger partial charge on any atom is 0.303 e. The van der Waals surface area contributed by atoms with E-state index < -0.39 is 46.7 Å². The normalized spacial score (nSPS) is 41.6. The average molecular weight is 451 g/mol. The molecule has 2 saturated carbocycles. The van der Waals surface area contributed by atoms with E-state index >= 15 is 0 Å². The lowest BCUT2D eigenvalue weighted by Gasteiger charge is -2.64. The Kier molecular flexibility index (Phi) is 5.92. The maximum absolute atomic E-state index is 12.1. The fourth-order valence-corrected chi connectivity index (χ4v) is 6.77. The van der Waals surface area contributed by atoms with Gasteiger partial charge < -0.3 is 28.8 Å². The molecule has 178 valence electrons. The summed E-state index contributed by atoms with van der Waals surface area (Å²) in [5, 5.41) is 22.6. The second-order valence-electron chi connectivity index (χ2n) is 10.1. The number of hydrogen-bond donors (Lipinski definition) is 2. The van der Waals surface area contributed by atoms with Crippen molar-refractivity contribution in [1.29, 1.82) is 0 Å². The van der Waals surface area contributed by atoms with E-state index in [1.54, 1.807) is 6.07 Å². The van der Waals surface area contributed by atoms with Crippen LogP contribution in [0.3, 0.4) is 0 Å². The third-order valence-corrected chi connectivity index (χ3v) is 8.57. The van der Waals surface area contributed by atoms with E-state index in [1.807, 2.05) is 6.92 Å². The minimum atomic E-state index is -1.01. The van der Waals surface area contributed by atoms with Gasteiger partial charge in [0.05, 0.1) is 36.8 Å². The van der Waals surface area contributed by atoms with E-state index in [0.29, 0.717) is 18.6 Å². The molecule has 0 amide bonds. The molecule has 1 spiro atoms. The van der Waals surface area contributed by atoms with Gasteiger partial charge in [0.25, 0.3) is 0 Å². The Labute approximate surface area is 188 Å². The Morgan fingerprint density at radius 1 is 1.31 bits per heavy atom. The number of carbonyl (C=O) groups is 2. The van der Waals surface area contributed by atoms with Crippen LogP contribution in [0.2, 0.25) is 0 Å². The van der Waals surface area contributed by atoms with Gasteiger partial charge in [0.2, 0.25) is 0 Å². The fourth-order valence-electron chi connectivity index (χ4n) is 6.77. The zero-order valence-corrected chi connectivity index (χ0v) is 19.2. The molecule has 1 aliphatic heterocycles. The van der Waals surface area contributed by atoms with Gasteiger partial charge in [-0.3, -0.25) is 9.59 Å². The Morgan fingerprint density at radius 3 is 2.59 bits per heavy atom. The van der Waals surface area contributed by atoms with Gasteiger partial charge in [0, 0.05) is 19.4 Å². The van der Waals surface area contributed by atoms with Crippen molar-refractivity contribution < 1.29 is 38.4 Å². The summed E-state index contributed by atoms with van der Waals surface area (Å²) in [7, 11) is 0. The van der Waals surface area contributed by atoms with Crippen LogP contribution in [-0.2, 0) is 23.8 Å². The van der Waals surface area contributed by atoms with Crippen LogP contribution in [0.5, 0.6) is 0 Å². The number of esters is 2. The Hall–Kier alpha value is -1.90. The molecule has 4 rings (SSSR count). The lowest BCUT2D eigenvalue weighted by atomic mass is 9.42. The second-order valence-corrected chi connectivity index (χ2v) is 10.1. The number of hydrogen-bond acceptors (Lipinski definition) is 8. The molecule has 1 aromatic rings. The van der Waals surface area contributed by atoms with Gasteiger partial charge in [0.1, 0.15) is 18.3 Å². The van der Waals surface area contributed by atoms with Crippen molar-refractivity contribution >= 4 is 11.9 Å². The smallest absolute Gasteiger partial charge is 0.303 e. The van der Waals surface area contributed by atoms with E-state index in [1.165, 1.54) is 26.4 Å². The van der Waals surface area contributed by atoms with E-state index in [9.17, 15) is 19.8 Å². The molecule has 0 bridgehead atoms. The van der Waals surface area contributed by atoms with Crippen LogP contribution in [0.25, 0.3) is 0 Å². The van der Waals surface area contributed by atoms with Gasteiger partial charge in [-0.2, -0.15) is 0 Å². The van der Waals surface area contributed by atoms with E-state index in [4.69, 9.17) is 18.6 Å². The molecule has 3 aliphatic rings. The molecule has 2 heterocycles. The standard InChI is InChI=1S/C24H34O8/c1-14-20(28)21(32-16(3)26)24(13-30-15(2)25)19(6-5-8-23(24)12-31-23)22(14,4)10-18(27)17-7-9-29-11-17/h7,9,11,14,18-21,27-28H,5-6,8,10,12-13H2,1-4H3/t14-,18+,19-,20-,21+,22-,23+,24+/m1/s1. The Balaban J connectivity index is 1.82. The lowest BCUT2D eigenvalue weighted by molar-refractivity contribution is -0.266. The molecule has 1 saturated heterocycles. The minimum Gasteiger partial charge on any atom is -0.472 e. The Morgan fingerprint density at radius 2 is 2.03 bits per heavy atom. The first-order valence-electron chi connectivity index (χ1n) is 11.4. The van der Waals surface area contributed by atoms with Gasteiger partial charge in [-0.25, -0.2) is 0 Å². The summed E-state index contributed by atoms with van der Waals surface area (Å²) in [5.74, 6) is -1.34. The summed E-state index contributed by atoms with van der Waals surface area (Å²) in [4.78, 5) is 24.0. The molecular formula is C24H34O8. The van der Waals surface area contributed by atoms with Gasteiger partial charge in [-0.1, -0.05) is 20.3 Å². The predicted molar refractivity (Wildman–Crippen MR) is 112 cm³/mol. The average Bonchev–Trinajstić information content (AvgIpc) is 3.29. The molecule has 1 aromatic heterocycles. The van der Waals surface area contributed by atoms with Gasteiger partial charge in [-0.15, -0.1) is 0 Å². The van der Waals surface area contributed by atoms with Crippen LogP contribution in [0.4, 0.5) is 0 Å². The van der Waals surface area contributed by atoms with Crippen LogP contribution in [0.1, 0.15) is 65.0 Å². The molecule has 8 atom stereocenters. The van der Waals surface area contributed by atoms with Crippen LogP contribution in [0, 0.1) is 22.7 Å². The monoisotopic (exact) mass is 450 g/mol. The Bertz CT molecular complexity index is 846. The summed E-state index contributed by atoms with van der Waals surface area (Å²) in [6.45, 7) is 7.14. The number of ether oxygens (including phenoxy) is 3. The molecule has 32 heavy (non-hydrogen) atoms. The summed E-state index contributed by atoms with van der Waals surface area (Å²) in [6, 6.07) is 1.73. The number of aliphatic hydroxyl groups excluding tert-OH is 2.